The highest BCUT2D eigenvalue weighted by Crippen LogP contribution is 2.16. The zero-order valence-corrected chi connectivity index (χ0v) is 11.5. The van der Waals surface area contributed by atoms with Crippen LogP contribution in [0.5, 0.6) is 0 Å². The Kier molecular flexibility index (Phi) is 6.40. The fourth-order valence-electron chi connectivity index (χ4n) is 1.81. The molecule has 5 nitrogen and oxygen atoms in total. The smallest absolute Gasteiger partial charge is 0.156 e. The number of hydrogen-bond acceptors (Lipinski definition) is 5. The average molecular weight is 265 g/mol. The van der Waals surface area contributed by atoms with Gasteiger partial charge in [-0.05, 0) is 19.8 Å². The number of sulfone groups is 1. The highest BCUT2D eigenvalue weighted by molar-refractivity contribution is 7.92. The summed E-state index contributed by atoms with van der Waals surface area (Å²) in [5.41, 5.74) is 0. The van der Waals surface area contributed by atoms with Crippen LogP contribution in [-0.4, -0.2) is 58.9 Å². The van der Waals surface area contributed by atoms with Gasteiger partial charge in [0.05, 0.1) is 23.7 Å². The van der Waals surface area contributed by atoms with Crippen molar-refractivity contribution in [2.75, 3.05) is 39.2 Å². The van der Waals surface area contributed by atoms with Crippen molar-refractivity contribution in [3.63, 3.8) is 0 Å². The molecule has 0 radical (unpaired) electrons. The summed E-state index contributed by atoms with van der Waals surface area (Å²) in [6.45, 7) is 4.18. The van der Waals surface area contributed by atoms with Crippen LogP contribution in [0.3, 0.4) is 0 Å². The highest BCUT2D eigenvalue weighted by atomic mass is 32.2. The summed E-state index contributed by atoms with van der Waals surface area (Å²) in [5, 5.41) is 2.70. The van der Waals surface area contributed by atoms with E-state index >= 15 is 0 Å². The van der Waals surface area contributed by atoms with Crippen molar-refractivity contribution >= 4 is 9.84 Å². The molecule has 1 aliphatic rings. The first-order chi connectivity index (χ1) is 8.06. The SMILES string of the molecule is COCCNCC(C)S(=O)(=O)CC1CCCO1. The Balaban J connectivity index is 2.29. The number of ether oxygens (including phenoxy) is 2. The summed E-state index contributed by atoms with van der Waals surface area (Å²) in [4.78, 5) is 0. The summed E-state index contributed by atoms with van der Waals surface area (Å²) in [6, 6.07) is 0. The molecule has 102 valence electrons. The monoisotopic (exact) mass is 265 g/mol. The van der Waals surface area contributed by atoms with Gasteiger partial charge in [-0.2, -0.15) is 0 Å². The van der Waals surface area contributed by atoms with Crippen molar-refractivity contribution in [1.29, 1.82) is 0 Å². The molecule has 0 aromatic heterocycles. The molecule has 1 aliphatic heterocycles. The molecule has 0 aromatic rings. The van der Waals surface area contributed by atoms with E-state index in [4.69, 9.17) is 9.47 Å². The molecule has 0 aliphatic carbocycles. The Bertz CT molecular complexity index is 299. The summed E-state index contributed by atoms with van der Waals surface area (Å²) in [5.74, 6) is 0.153. The maximum atomic E-state index is 12.0. The molecule has 1 saturated heterocycles. The van der Waals surface area contributed by atoms with Crippen molar-refractivity contribution in [3.8, 4) is 0 Å². The van der Waals surface area contributed by atoms with Crippen LogP contribution in [-0.2, 0) is 19.3 Å². The third kappa shape index (κ3) is 5.33. The van der Waals surface area contributed by atoms with E-state index in [1.165, 1.54) is 0 Å². The van der Waals surface area contributed by atoms with Crippen molar-refractivity contribution < 1.29 is 17.9 Å². The molecule has 0 aromatic carbocycles. The molecule has 0 saturated carbocycles. The molecular weight excluding hydrogens is 242 g/mol. The number of methoxy groups -OCH3 is 1. The number of rotatable bonds is 8. The third-order valence-corrected chi connectivity index (χ3v) is 5.20. The van der Waals surface area contributed by atoms with Crippen molar-refractivity contribution in [3.05, 3.63) is 0 Å². The molecule has 17 heavy (non-hydrogen) atoms. The Labute approximate surface area is 104 Å². The van der Waals surface area contributed by atoms with Gasteiger partial charge < -0.3 is 14.8 Å². The third-order valence-electron chi connectivity index (χ3n) is 2.97. The maximum Gasteiger partial charge on any atom is 0.156 e. The quantitative estimate of drug-likeness (QED) is 0.635. The largest absolute Gasteiger partial charge is 0.383 e. The van der Waals surface area contributed by atoms with Gasteiger partial charge in [0.2, 0.25) is 0 Å². The fourth-order valence-corrected chi connectivity index (χ4v) is 3.29. The Morgan fingerprint density at radius 3 is 2.88 bits per heavy atom. The molecule has 1 rings (SSSR count). The molecule has 1 heterocycles. The van der Waals surface area contributed by atoms with Gasteiger partial charge in [0.15, 0.2) is 9.84 Å². The normalized spacial score (nSPS) is 22.8. The van der Waals surface area contributed by atoms with Gasteiger partial charge in [0.25, 0.3) is 0 Å². The van der Waals surface area contributed by atoms with E-state index in [1.54, 1.807) is 14.0 Å². The lowest BCUT2D eigenvalue weighted by Crippen LogP contribution is -2.36. The lowest BCUT2D eigenvalue weighted by atomic mass is 10.3. The summed E-state index contributed by atoms with van der Waals surface area (Å²) >= 11 is 0. The van der Waals surface area contributed by atoms with E-state index in [2.05, 4.69) is 5.32 Å². The fraction of sp³-hybridized carbons (Fsp3) is 1.00. The molecule has 1 fully saturated rings. The van der Waals surface area contributed by atoms with E-state index in [9.17, 15) is 8.42 Å². The van der Waals surface area contributed by atoms with Gasteiger partial charge >= 0.3 is 0 Å². The Morgan fingerprint density at radius 2 is 2.29 bits per heavy atom. The lowest BCUT2D eigenvalue weighted by Gasteiger charge is -2.16. The number of hydrogen-bond donors (Lipinski definition) is 1. The van der Waals surface area contributed by atoms with E-state index in [0.717, 1.165) is 12.8 Å². The topological polar surface area (TPSA) is 64.6 Å². The predicted octanol–water partition coefficient (Wildman–Crippen LogP) is 0.205. The first-order valence-electron chi connectivity index (χ1n) is 6.09. The molecule has 2 atom stereocenters. The maximum absolute atomic E-state index is 12.0. The second-order valence-corrected chi connectivity index (χ2v) is 6.94. The first kappa shape index (κ1) is 14.9. The second kappa shape index (κ2) is 7.31. The molecule has 0 amide bonds. The minimum Gasteiger partial charge on any atom is -0.383 e. The molecular formula is C11H23NO4S. The van der Waals surface area contributed by atoms with E-state index in [-0.39, 0.29) is 17.1 Å². The van der Waals surface area contributed by atoms with Crippen molar-refractivity contribution in [2.24, 2.45) is 0 Å². The van der Waals surface area contributed by atoms with Crippen LogP contribution in [0.4, 0.5) is 0 Å². The molecule has 0 spiro atoms. The zero-order valence-electron chi connectivity index (χ0n) is 10.6. The predicted molar refractivity (Wildman–Crippen MR) is 67.0 cm³/mol. The minimum absolute atomic E-state index is 0.0959. The second-order valence-electron chi connectivity index (χ2n) is 4.47. The lowest BCUT2D eigenvalue weighted by molar-refractivity contribution is 0.127. The molecule has 2 unspecified atom stereocenters. The van der Waals surface area contributed by atoms with E-state index < -0.39 is 9.84 Å². The van der Waals surface area contributed by atoms with Gasteiger partial charge in [0, 0.05) is 26.8 Å². The van der Waals surface area contributed by atoms with E-state index in [1.807, 2.05) is 0 Å². The highest BCUT2D eigenvalue weighted by Gasteiger charge is 2.27. The van der Waals surface area contributed by atoms with E-state index in [0.29, 0.717) is 26.3 Å². The summed E-state index contributed by atoms with van der Waals surface area (Å²) < 4.78 is 34.2. The standard InChI is InChI=1S/C11H23NO4S/c1-10(8-12-5-7-15-2)17(13,14)9-11-4-3-6-16-11/h10-12H,3-9H2,1-2H3. The van der Waals surface area contributed by atoms with Crippen LogP contribution in [0.1, 0.15) is 19.8 Å². The van der Waals surface area contributed by atoms with Crippen LogP contribution in [0.2, 0.25) is 0 Å². The zero-order chi connectivity index (χ0) is 12.7. The Morgan fingerprint density at radius 1 is 1.53 bits per heavy atom. The average Bonchev–Trinajstić information content (AvgIpc) is 2.76. The van der Waals surface area contributed by atoms with Crippen molar-refractivity contribution in [2.45, 2.75) is 31.1 Å². The van der Waals surface area contributed by atoms with Crippen LogP contribution in [0, 0.1) is 0 Å². The Hall–Kier alpha value is -0.170. The van der Waals surface area contributed by atoms with Gasteiger partial charge in [0.1, 0.15) is 0 Å². The van der Waals surface area contributed by atoms with Gasteiger partial charge in [-0.15, -0.1) is 0 Å². The molecule has 6 heteroatoms. The van der Waals surface area contributed by atoms with Crippen LogP contribution < -0.4 is 5.32 Å². The van der Waals surface area contributed by atoms with Crippen molar-refractivity contribution in [1.82, 2.24) is 5.32 Å². The number of nitrogens with one attached hydrogen (secondary N) is 1. The van der Waals surface area contributed by atoms with Crippen LogP contribution in [0.25, 0.3) is 0 Å². The minimum atomic E-state index is -3.06. The van der Waals surface area contributed by atoms with Crippen LogP contribution >= 0.6 is 0 Å². The van der Waals surface area contributed by atoms with Gasteiger partial charge in [-0.25, -0.2) is 8.42 Å². The summed E-state index contributed by atoms with van der Waals surface area (Å²) in [7, 11) is -1.43. The first-order valence-corrected chi connectivity index (χ1v) is 7.80. The van der Waals surface area contributed by atoms with Crippen LogP contribution in [0.15, 0.2) is 0 Å². The molecule has 1 N–H and O–H groups in total. The van der Waals surface area contributed by atoms with Gasteiger partial charge in [-0.1, -0.05) is 0 Å². The molecule has 0 bridgehead atoms. The summed E-state index contributed by atoms with van der Waals surface area (Å²) in [6.07, 6.45) is 1.74. The van der Waals surface area contributed by atoms with Gasteiger partial charge in [-0.3, -0.25) is 0 Å².